The van der Waals surface area contributed by atoms with Crippen molar-refractivity contribution in [3.05, 3.63) is 70.1 Å². The Kier molecular flexibility index (Phi) is 6.74. The predicted octanol–water partition coefficient (Wildman–Crippen LogP) is 4.85. The first-order valence-electron chi connectivity index (χ1n) is 8.63. The van der Waals surface area contributed by atoms with E-state index in [1.54, 1.807) is 24.3 Å². The van der Waals surface area contributed by atoms with Crippen LogP contribution in [0.3, 0.4) is 0 Å². The van der Waals surface area contributed by atoms with Crippen molar-refractivity contribution in [2.24, 2.45) is 0 Å². The molecule has 0 atom stereocenters. The zero-order valence-electron chi connectivity index (χ0n) is 15.1. The van der Waals surface area contributed by atoms with Gasteiger partial charge < -0.3 is 19.7 Å². The molecule has 3 aromatic rings. The molecule has 6 nitrogen and oxygen atoms in total. The van der Waals surface area contributed by atoms with Crippen molar-refractivity contribution in [1.82, 2.24) is 0 Å². The minimum Gasteiger partial charge on any atom is -0.493 e. The van der Waals surface area contributed by atoms with Crippen molar-refractivity contribution in [3.63, 3.8) is 0 Å². The summed E-state index contributed by atoms with van der Waals surface area (Å²) < 4.78 is 10.9. The molecule has 2 N–H and O–H groups in total. The molecule has 29 heavy (non-hydrogen) atoms. The van der Waals surface area contributed by atoms with Gasteiger partial charge in [-0.15, -0.1) is 11.3 Å². The highest BCUT2D eigenvalue weighted by Crippen LogP contribution is 2.46. The van der Waals surface area contributed by atoms with Crippen LogP contribution in [0.1, 0.15) is 15.2 Å². The third-order valence-corrected chi connectivity index (χ3v) is 5.62. The summed E-state index contributed by atoms with van der Waals surface area (Å²) in [5.74, 6) is -1.98. The average Bonchev–Trinajstić information content (AvgIpc) is 3.04. The zero-order valence-corrected chi connectivity index (χ0v) is 16.7. The van der Waals surface area contributed by atoms with Gasteiger partial charge in [-0.3, -0.25) is 0 Å². The smallest absolute Gasteiger partial charge is 0.349 e. The van der Waals surface area contributed by atoms with Gasteiger partial charge in [-0.2, -0.15) is 0 Å². The Morgan fingerprint density at radius 1 is 1.00 bits per heavy atom. The van der Waals surface area contributed by atoms with Crippen LogP contribution in [0.15, 0.2) is 54.6 Å². The zero-order chi connectivity index (χ0) is 20.8. The van der Waals surface area contributed by atoms with E-state index in [9.17, 15) is 14.7 Å². The fourth-order valence-corrected chi connectivity index (χ4v) is 4.05. The largest absolute Gasteiger partial charge is 0.493 e. The van der Waals surface area contributed by atoms with Crippen molar-refractivity contribution < 1.29 is 29.3 Å². The number of halogens is 1. The lowest BCUT2D eigenvalue weighted by atomic mass is 10.1. The Labute approximate surface area is 175 Å². The Bertz CT molecular complexity index is 1020. The number of aliphatic carboxylic acids is 1. The van der Waals surface area contributed by atoms with Gasteiger partial charge in [0, 0.05) is 6.42 Å². The molecule has 1 aromatic heterocycles. The van der Waals surface area contributed by atoms with Crippen molar-refractivity contribution in [3.8, 4) is 21.9 Å². The maximum absolute atomic E-state index is 11.5. The SMILES string of the molecule is O=C(O)COc1c(C(=O)O)sc(-c2cccc(OCCc3ccccc3)c2)c1Cl. The van der Waals surface area contributed by atoms with Gasteiger partial charge in [-0.25, -0.2) is 9.59 Å². The van der Waals surface area contributed by atoms with Crippen LogP contribution in [-0.2, 0) is 11.2 Å². The van der Waals surface area contributed by atoms with Gasteiger partial charge in [0.05, 0.1) is 11.5 Å². The van der Waals surface area contributed by atoms with Gasteiger partial charge in [-0.1, -0.05) is 54.1 Å². The minimum atomic E-state index is -1.24. The molecule has 0 saturated carbocycles. The molecular formula is C21H17ClO6S. The second kappa shape index (κ2) is 9.45. The molecule has 0 amide bonds. The Morgan fingerprint density at radius 3 is 2.45 bits per heavy atom. The number of carboxylic acid groups (broad SMARTS) is 2. The number of ether oxygens (including phenoxy) is 2. The van der Waals surface area contributed by atoms with Gasteiger partial charge in [0.2, 0.25) is 0 Å². The highest BCUT2D eigenvalue weighted by molar-refractivity contribution is 7.18. The number of hydrogen-bond donors (Lipinski definition) is 2. The van der Waals surface area contributed by atoms with Crippen LogP contribution < -0.4 is 9.47 Å². The van der Waals surface area contributed by atoms with Gasteiger partial charge in [0.1, 0.15) is 10.8 Å². The molecule has 0 fully saturated rings. The molecule has 8 heteroatoms. The molecule has 0 radical (unpaired) electrons. The molecule has 0 aliphatic carbocycles. The van der Waals surface area contributed by atoms with Gasteiger partial charge in [0.15, 0.2) is 17.2 Å². The highest BCUT2D eigenvalue weighted by atomic mass is 35.5. The van der Waals surface area contributed by atoms with Crippen LogP contribution in [0.4, 0.5) is 0 Å². The summed E-state index contributed by atoms with van der Waals surface area (Å²) in [6, 6.07) is 17.1. The van der Waals surface area contributed by atoms with Gasteiger partial charge >= 0.3 is 11.9 Å². The maximum atomic E-state index is 11.5. The number of aromatic carboxylic acids is 1. The van der Waals surface area contributed by atoms with Crippen LogP contribution in [0.2, 0.25) is 5.02 Å². The number of hydrogen-bond acceptors (Lipinski definition) is 5. The summed E-state index contributed by atoms with van der Waals surface area (Å²) >= 11 is 7.24. The monoisotopic (exact) mass is 432 g/mol. The summed E-state index contributed by atoms with van der Waals surface area (Å²) in [5.41, 5.74) is 1.82. The summed E-state index contributed by atoms with van der Waals surface area (Å²) in [6.45, 7) is -0.197. The van der Waals surface area contributed by atoms with E-state index in [1.807, 2.05) is 30.3 Å². The first kappa shape index (κ1) is 20.7. The van der Waals surface area contributed by atoms with Crippen LogP contribution in [0.5, 0.6) is 11.5 Å². The van der Waals surface area contributed by atoms with Crippen molar-refractivity contribution in [2.45, 2.75) is 6.42 Å². The lowest BCUT2D eigenvalue weighted by Crippen LogP contribution is -2.10. The van der Waals surface area contributed by atoms with E-state index in [0.29, 0.717) is 22.8 Å². The quantitative estimate of drug-likeness (QED) is 0.502. The van der Waals surface area contributed by atoms with E-state index in [4.69, 9.17) is 26.2 Å². The first-order valence-corrected chi connectivity index (χ1v) is 9.82. The molecule has 2 aromatic carbocycles. The van der Waals surface area contributed by atoms with Crippen molar-refractivity contribution >= 4 is 34.9 Å². The third-order valence-electron chi connectivity index (χ3n) is 3.94. The Morgan fingerprint density at radius 2 is 1.76 bits per heavy atom. The summed E-state index contributed by atoms with van der Waals surface area (Å²) in [4.78, 5) is 22.6. The second-order valence-corrected chi connectivity index (χ2v) is 7.40. The van der Waals surface area contributed by atoms with Gasteiger partial charge in [0.25, 0.3) is 0 Å². The molecule has 0 unspecified atom stereocenters. The van der Waals surface area contributed by atoms with Crippen LogP contribution in [-0.4, -0.2) is 35.4 Å². The molecular weight excluding hydrogens is 416 g/mol. The first-order chi connectivity index (χ1) is 14.0. The van der Waals surface area contributed by atoms with E-state index in [2.05, 4.69) is 0 Å². The van der Waals surface area contributed by atoms with E-state index >= 15 is 0 Å². The molecule has 0 bridgehead atoms. The number of carboxylic acids is 2. The minimum absolute atomic E-state index is 0.0649. The van der Waals surface area contributed by atoms with E-state index < -0.39 is 18.5 Å². The standard InChI is InChI=1S/C21H17ClO6S/c22-17-18(28-12-16(23)24)20(21(25)26)29-19(17)14-7-4-8-15(11-14)27-10-9-13-5-2-1-3-6-13/h1-8,11H,9-10,12H2,(H,23,24)(H,25,26). The average molecular weight is 433 g/mol. The molecule has 150 valence electrons. The van der Waals surface area contributed by atoms with Crippen LogP contribution in [0.25, 0.3) is 10.4 Å². The van der Waals surface area contributed by atoms with E-state index in [1.165, 1.54) is 0 Å². The molecule has 0 saturated heterocycles. The fraction of sp³-hybridized carbons (Fsp3) is 0.143. The lowest BCUT2D eigenvalue weighted by molar-refractivity contribution is -0.139. The maximum Gasteiger partial charge on any atom is 0.349 e. The third kappa shape index (κ3) is 5.28. The molecule has 0 aliphatic rings. The lowest BCUT2D eigenvalue weighted by Gasteiger charge is -2.08. The van der Waals surface area contributed by atoms with E-state index in [0.717, 1.165) is 23.3 Å². The van der Waals surface area contributed by atoms with Crippen LogP contribution in [0, 0.1) is 0 Å². The normalized spacial score (nSPS) is 10.5. The summed E-state index contributed by atoms with van der Waals surface area (Å²) in [7, 11) is 0. The second-order valence-electron chi connectivity index (χ2n) is 6.00. The van der Waals surface area contributed by atoms with Crippen molar-refractivity contribution in [1.29, 1.82) is 0 Å². The molecule has 0 spiro atoms. The summed E-state index contributed by atoms with van der Waals surface area (Å²) in [5, 5.41) is 18.3. The van der Waals surface area contributed by atoms with Crippen molar-refractivity contribution in [2.75, 3.05) is 13.2 Å². The molecule has 0 aliphatic heterocycles. The Balaban J connectivity index is 1.79. The number of thiophene rings is 1. The number of benzene rings is 2. The predicted molar refractivity (Wildman–Crippen MR) is 110 cm³/mol. The van der Waals surface area contributed by atoms with Gasteiger partial charge in [-0.05, 0) is 23.3 Å². The van der Waals surface area contributed by atoms with E-state index in [-0.39, 0.29) is 15.6 Å². The Hall–Kier alpha value is -3.03. The number of rotatable bonds is 9. The number of carbonyl (C=O) groups is 2. The topological polar surface area (TPSA) is 93.1 Å². The highest BCUT2D eigenvalue weighted by Gasteiger charge is 2.24. The molecule has 3 rings (SSSR count). The summed E-state index contributed by atoms with van der Waals surface area (Å²) in [6.07, 6.45) is 0.751. The molecule has 1 heterocycles. The van der Waals surface area contributed by atoms with Crippen LogP contribution >= 0.6 is 22.9 Å². The fourth-order valence-electron chi connectivity index (χ4n) is 2.64.